The van der Waals surface area contributed by atoms with Crippen LogP contribution in [0.2, 0.25) is 0 Å². The number of hydrogen-bond donors (Lipinski definition) is 0. The fraction of sp³-hybridized carbons (Fsp3) is 0.167. The molecule has 0 fully saturated rings. The molecule has 0 N–H and O–H groups in total. The third kappa shape index (κ3) is 3.52. The Kier molecular flexibility index (Phi) is 5.10. The lowest BCUT2D eigenvalue weighted by atomic mass is 9.92. The third-order valence-corrected chi connectivity index (χ3v) is 6.27. The van der Waals surface area contributed by atoms with Gasteiger partial charge in [-0.15, -0.1) is 0 Å². The van der Waals surface area contributed by atoms with Gasteiger partial charge in [-0.25, -0.2) is 0 Å². The number of fused-ring (bicyclic) bond motifs is 6. The number of nitrogens with zero attached hydrogens (tertiary/aromatic N) is 3. The lowest BCUT2D eigenvalue weighted by molar-refractivity contribution is -0.161. The molecule has 15 heteroatoms. The smallest absolute Gasteiger partial charge is 0.308 e. The van der Waals surface area contributed by atoms with Crippen molar-refractivity contribution in [2.45, 2.75) is 24.7 Å². The van der Waals surface area contributed by atoms with Crippen LogP contribution in [-0.4, -0.2) is 4.40 Å². The number of para-hydroxylation sites is 1. The van der Waals surface area contributed by atoms with Gasteiger partial charge in [0.2, 0.25) is 0 Å². The highest BCUT2D eigenvalue weighted by atomic mass is 19.4. The van der Waals surface area contributed by atoms with Crippen LogP contribution in [0, 0.1) is 22.7 Å². The standard InChI is InChI=1S/C24H5F12N3/c25-21(26,27)16-8(6-37)4-12-14(18(16)23(31,32)33)10-2-1-3-11-15-13(39(12)20(10)11)5-9(7-38)17(22(28,29)30)19(15)24(34,35)36/h1-5H. The number of alkyl halides is 12. The summed E-state index contributed by atoms with van der Waals surface area (Å²) in [6, 6.07) is 5.41. The van der Waals surface area contributed by atoms with Gasteiger partial charge < -0.3 is 4.40 Å². The maximum atomic E-state index is 14.2. The number of benzene rings is 3. The molecule has 0 atom stereocenters. The van der Waals surface area contributed by atoms with E-state index in [1.165, 1.54) is 0 Å². The summed E-state index contributed by atoms with van der Waals surface area (Å²) in [6.45, 7) is 0. The second kappa shape index (κ2) is 7.59. The van der Waals surface area contributed by atoms with Crippen molar-refractivity contribution in [2.75, 3.05) is 0 Å². The van der Waals surface area contributed by atoms with Gasteiger partial charge >= 0.3 is 24.7 Å². The molecule has 0 amide bonds. The Bertz CT molecular complexity index is 1790. The zero-order valence-electron chi connectivity index (χ0n) is 18.3. The Hall–Kier alpha value is -4.40. The monoisotopic (exact) mass is 563 g/mol. The van der Waals surface area contributed by atoms with Gasteiger partial charge in [-0.3, -0.25) is 0 Å². The number of nitriles is 2. The number of halogens is 12. The van der Waals surface area contributed by atoms with E-state index in [1.54, 1.807) is 0 Å². The Balaban J connectivity index is 2.21. The molecule has 3 nitrogen and oxygen atoms in total. The molecule has 0 spiro atoms. The molecule has 0 bridgehead atoms. The molecule has 0 aliphatic rings. The third-order valence-electron chi connectivity index (χ3n) is 6.27. The van der Waals surface area contributed by atoms with E-state index in [9.17, 15) is 63.2 Å². The molecule has 2 aromatic heterocycles. The maximum absolute atomic E-state index is 14.2. The minimum Gasteiger partial charge on any atom is -0.308 e. The SMILES string of the molecule is N#Cc1cc2c(c(C(F)(F)F)c1C(F)(F)F)c1cccc3c4c(C(F)(F)F)c(C(F)(F)F)c(C#N)cc4n2c13. The molecule has 39 heavy (non-hydrogen) atoms. The van der Waals surface area contributed by atoms with Gasteiger partial charge in [-0.05, 0) is 12.1 Å². The van der Waals surface area contributed by atoms with Crippen LogP contribution >= 0.6 is 0 Å². The molecule has 0 radical (unpaired) electrons. The molecule has 0 unspecified atom stereocenters. The van der Waals surface area contributed by atoms with Crippen LogP contribution in [0.5, 0.6) is 0 Å². The largest absolute Gasteiger partial charge is 0.418 e. The van der Waals surface area contributed by atoms with E-state index in [0.29, 0.717) is 16.5 Å². The highest BCUT2D eigenvalue weighted by molar-refractivity contribution is 6.25. The summed E-state index contributed by atoms with van der Waals surface area (Å²) in [7, 11) is 0. The molecule has 2 heterocycles. The molecule has 5 aromatic rings. The minimum absolute atomic E-state index is 0.378. The first-order valence-electron chi connectivity index (χ1n) is 10.3. The Labute approximate surface area is 207 Å². The lowest BCUT2D eigenvalue weighted by Gasteiger charge is -2.19. The van der Waals surface area contributed by atoms with Crippen LogP contribution in [0.15, 0.2) is 30.3 Å². The van der Waals surface area contributed by atoms with Crippen molar-refractivity contribution >= 4 is 38.1 Å². The maximum Gasteiger partial charge on any atom is 0.418 e. The van der Waals surface area contributed by atoms with Crippen molar-refractivity contribution in [3.63, 3.8) is 0 Å². The first-order chi connectivity index (χ1) is 17.8. The molecular weight excluding hydrogens is 558 g/mol. The van der Waals surface area contributed by atoms with Gasteiger partial charge in [0.1, 0.15) is 0 Å². The van der Waals surface area contributed by atoms with Gasteiger partial charge in [-0.1, -0.05) is 18.2 Å². The van der Waals surface area contributed by atoms with Crippen LogP contribution in [0.25, 0.3) is 38.1 Å². The van der Waals surface area contributed by atoms with Crippen LogP contribution < -0.4 is 0 Å². The summed E-state index contributed by atoms with van der Waals surface area (Å²) in [5.74, 6) is 0. The van der Waals surface area contributed by atoms with E-state index in [4.69, 9.17) is 0 Å². The Morgan fingerprint density at radius 3 is 1.15 bits per heavy atom. The highest BCUT2D eigenvalue weighted by Crippen LogP contribution is 2.53. The predicted molar refractivity (Wildman–Crippen MR) is 111 cm³/mol. The van der Waals surface area contributed by atoms with E-state index in [1.807, 2.05) is 0 Å². The van der Waals surface area contributed by atoms with Crippen molar-refractivity contribution in [3.05, 3.63) is 63.7 Å². The zero-order valence-corrected chi connectivity index (χ0v) is 18.3. The van der Waals surface area contributed by atoms with Crippen molar-refractivity contribution in [1.82, 2.24) is 4.40 Å². The number of aromatic nitrogens is 1. The van der Waals surface area contributed by atoms with Crippen LogP contribution in [-0.2, 0) is 24.7 Å². The van der Waals surface area contributed by atoms with Crippen LogP contribution in [0.4, 0.5) is 52.7 Å². The van der Waals surface area contributed by atoms with E-state index in [-0.39, 0.29) is 0 Å². The topological polar surface area (TPSA) is 52.0 Å². The van der Waals surface area contributed by atoms with Gasteiger partial charge in [-0.2, -0.15) is 63.2 Å². The van der Waals surface area contributed by atoms with E-state index >= 15 is 0 Å². The van der Waals surface area contributed by atoms with Crippen molar-refractivity contribution in [2.24, 2.45) is 0 Å². The van der Waals surface area contributed by atoms with Crippen molar-refractivity contribution in [1.29, 1.82) is 10.5 Å². The summed E-state index contributed by atoms with van der Waals surface area (Å²) in [5, 5.41) is 15.0. The van der Waals surface area contributed by atoms with Crippen molar-refractivity contribution < 1.29 is 52.7 Å². The lowest BCUT2D eigenvalue weighted by Crippen LogP contribution is -2.19. The summed E-state index contributed by atoms with van der Waals surface area (Å²) in [6.07, 6.45) is -22.8. The fourth-order valence-electron chi connectivity index (χ4n) is 5.13. The molecule has 5 rings (SSSR count). The van der Waals surface area contributed by atoms with Crippen LogP contribution in [0.3, 0.4) is 0 Å². The Morgan fingerprint density at radius 1 is 0.538 bits per heavy atom. The molecule has 0 saturated heterocycles. The highest BCUT2D eigenvalue weighted by Gasteiger charge is 2.49. The zero-order chi connectivity index (χ0) is 29.0. The van der Waals surface area contributed by atoms with Gasteiger partial charge in [0.05, 0.1) is 62.1 Å². The fourth-order valence-corrected chi connectivity index (χ4v) is 5.13. The minimum atomic E-state index is -5.72. The van der Waals surface area contributed by atoms with E-state index < -0.39 is 96.2 Å². The quantitative estimate of drug-likeness (QED) is 0.177. The second-order valence-electron chi connectivity index (χ2n) is 8.39. The van der Waals surface area contributed by atoms with Gasteiger partial charge in [0, 0.05) is 21.5 Å². The first-order valence-corrected chi connectivity index (χ1v) is 10.3. The molecule has 3 aromatic carbocycles. The van der Waals surface area contributed by atoms with E-state index in [0.717, 1.165) is 30.3 Å². The predicted octanol–water partition coefficient (Wildman–Crippen LogP) is 8.66. The average molecular weight is 563 g/mol. The number of rotatable bonds is 0. The molecular formula is C24H5F12N3. The van der Waals surface area contributed by atoms with E-state index in [2.05, 4.69) is 0 Å². The first kappa shape index (κ1) is 26.2. The van der Waals surface area contributed by atoms with Crippen molar-refractivity contribution in [3.8, 4) is 12.1 Å². The second-order valence-corrected chi connectivity index (χ2v) is 8.39. The summed E-state index contributed by atoms with van der Waals surface area (Å²) in [4.78, 5) is 0. The van der Waals surface area contributed by atoms with Crippen LogP contribution in [0.1, 0.15) is 33.4 Å². The average Bonchev–Trinajstić information content (AvgIpc) is 3.30. The summed E-state index contributed by atoms with van der Waals surface area (Å²) >= 11 is 0. The molecule has 200 valence electrons. The van der Waals surface area contributed by atoms with Gasteiger partial charge in [0.15, 0.2) is 0 Å². The molecule has 0 aliphatic carbocycles. The van der Waals surface area contributed by atoms with Gasteiger partial charge in [0.25, 0.3) is 0 Å². The number of hydrogen-bond acceptors (Lipinski definition) is 2. The summed E-state index contributed by atoms with van der Waals surface area (Å²) in [5.41, 5.74) is -14.4. The Morgan fingerprint density at radius 2 is 0.872 bits per heavy atom. The summed E-state index contributed by atoms with van der Waals surface area (Å²) < 4.78 is 168. The molecule has 0 saturated carbocycles. The normalized spacial score (nSPS) is 13.6. The molecule has 0 aliphatic heterocycles.